The second-order valence-corrected chi connectivity index (χ2v) is 6.96. The second kappa shape index (κ2) is 10.3. The lowest BCUT2D eigenvalue weighted by atomic mass is 10.1. The van der Waals surface area contributed by atoms with Crippen LogP contribution in [0.4, 0.5) is 16.2 Å². The molecule has 150 valence electrons. The van der Waals surface area contributed by atoms with E-state index < -0.39 is 0 Å². The fourth-order valence-electron chi connectivity index (χ4n) is 2.94. The molecule has 0 heterocycles. The number of rotatable bonds is 8. The Balaban J connectivity index is 1.91. The topological polar surface area (TPSA) is 73.5 Å². The fourth-order valence-corrected chi connectivity index (χ4v) is 2.94. The average Bonchev–Trinajstić information content (AvgIpc) is 2.65. The molecular weight excluding hydrogens is 352 g/mol. The summed E-state index contributed by atoms with van der Waals surface area (Å²) in [6.07, 6.45) is 0. The van der Waals surface area contributed by atoms with E-state index in [1.54, 1.807) is 24.3 Å². The van der Waals surface area contributed by atoms with Crippen molar-refractivity contribution in [2.75, 3.05) is 29.9 Å². The van der Waals surface area contributed by atoms with Gasteiger partial charge < -0.3 is 20.9 Å². The molecule has 2 rings (SSSR count). The van der Waals surface area contributed by atoms with E-state index in [9.17, 15) is 9.59 Å². The molecule has 28 heavy (non-hydrogen) atoms. The van der Waals surface area contributed by atoms with Gasteiger partial charge in [-0.3, -0.25) is 4.79 Å². The maximum absolute atomic E-state index is 12.5. The Labute approximate surface area is 167 Å². The highest BCUT2D eigenvalue weighted by atomic mass is 16.2. The lowest BCUT2D eigenvalue weighted by Gasteiger charge is -2.25. The zero-order valence-electron chi connectivity index (χ0n) is 17.1. The Morgan fingerprint density at radius 2 is 1.82 bits per heavy atom. The van der Waals surface area contributed by atoms with E-state index in [1.165, 1.54) is 11.3 Å². The van der Waals surface area contributed by atoms with E-state index in [-0.39, 0.29) is 18.0 Å². The molecule has 6 nitrogen and oxygen atoms in total. The highest BCUT2D eigenvalue weighted by molar-refractivity contribution is 5.96. The number of amides is 3. The summed E-state index contributed by atoms with van der Waals surface area (Å²) in [5.74, 6) is -0.159. The van der Waals surface area contributed by atoms with Crippen molar-refractivity contribution >= 4 is 23.3 Å². The largest absolute Gasteiger partial charge is 0.370 e. The van der Waals surface area contributed by atoms with Crippen molar-refractivity contribution in [3.63, 3.8) is 0 Å². The van der Waals surface area contributed by atoms with Crippen LogP contribution >= 0.6 is 0 Å². The molecule has 0 fully saturated rings. The van der Waals surface area contributed by atoms with Crippen molar-refractivity contribution in [2.24, 2.45) is 0 Å². The van der Waals surface area contributed by atoms with Crippen LogP contribution in [0, 0.1) is 6.92 Å². The SMILES string of the molecule is CCN(CCNC(=O)c1cccc(NC(=O)NC(C)C)c1)c1ccccc1C. The van der Waals surface area contributed by atoms with Crippen LogP contribution in [0.25, 0.3) is 0 Å². The number of para-hydroxylation sites is 1. The Hall–Kier alpha value is -3.02. The first-order valence-electron chi connectivity index (χ1n) is 9.67. The van der Waals surface area contributed by atoms with Gasteiger partial charge in [-0.1, -0.05) is 24.3 Å². The summed E-state index contributed by atoms with van der Waals surface area (Å²) in [5, 5.41) is 8.46. The molecular formula is C22H30N4O2. The van der Waals surface area contributed by atoms with E-state index in [1.807, 2.05) is 26.0 Å². The van der Waals surface area contributed by atoms with Gasteiger partial charge in [-0.2, -0.15) is 0 Å². The van der Waals surface area contributed by atoms with Gasteiger partial charge in [0.25, 0.3) is 5.91 Å². The number of anilines is 2. The van der Waals surface area contributed by atoms with Gasteiger partial charge in [0, 0.05) is 42.6 Å². The number of carbonyl (C=O) groups is 2. The molecule has 0 unspecified atom stereocenters. The van der Waals surface area contributed by atoms with Crippen LogP contribution in [0.2, 0.25) is 0 Å². The Bertz CT molecular complexity index is 805. The minimum atomic E-state index is -0.288. The third-order valence-electron chi connectivity index (χ3n) is 4.31. The molecule has 0 spiro atoms. The minimum Gasteiger partial charge on any atom is -0.370 e. The number of nitrogens with one attached hydrogen (secondary N) is 3. The van der Waals surface area contributed by atoms with Crippen LogP contribution < -0.4 is 20.9 Å². The first kappa shape index (κ1) is 21.3. The van der Waals surface area contributed by atoms with Crippen LogP contribution in [0.1, 0.15) is 36.7 Å². The van der Waals surface area contributed by atoms with Crippen molar-refractivity contribution in [2.45, 2.75) is 33.7 Å². The normalized spacial score (nSPS) is 10.5. The predicted molar refractivity (Wildman–Crippen MR) is 115 cm³/mol. The summed E-state index contributed by atoms with van der Waals surface area (Å²) < 4.78 is 0. The number of carbonyl (C=O) groups excluding carboxylic acids is 2. The average molecular weight is 383 g/mol. The van der Waals surface area contributed by atoms with Crippen molar-refractivity contribution in [1.29, 1.82) is 0 Å². The smallest absolute Gasteiger partial charge is 0.319 e. The molecule has 3 amide bonds. The predicted octanol–water partition coefficient (Wildman–Crippen LogP) is 3.78. The molecule has 3 N–H and O–H groups in total. The van der Waals surface area contributed by atoms with E-state index >= 15 is 0 Å². The van der Waals surface area contributed by atoms with Gasteiger partial charge in [-0.15, -0.1) is 0 Å². The van der Waals surface area contributed by atoms with Crippen molar-refractivity contribution < 1.29 is 9.59 Å². The maximum Gasteiger partial charge on any atom is 0.319 e. The van der Waals surface area contributed by atoms with Crippen LogP contribution in [-0.2, 0) is 0 Å². The van der Waals surface area contributed by atoms with Gasteiger partial charge in [0.05, 0.1) is 0 Å². The lowest BCUT2D eigenvalue weighted by Crippen LogP contribution is -2.35. The maximum atomic E-state index is 12.5. The summed E-state index contributed by atoms with van der Waals surface area (Å²) in [6.45, 7) is 10.1. The summed E-state index contributed by atoms with van der Waals surface area (Å²) in [7, 11) is 0. The van der Waals surface area contributed by atoms with E-state index in [0.29, 0.717) is 17.8 Å². The first-order valence-corrected chi connectivity index (χ1v) is 9.67. The lowest BCUT2D eigenvalue weighted by molar-refractivity contribution is 0.0954. The second-order valence-electron chi connectivity index (χ2n) is 6.96. The van der Waals surface area contributed by atoms with Gasteiger partial charge in [0.15, 0.2) is 0 Å². The summed E-state index contributed by atoms with van der Waals surface area (Å²) in [6, 6.07) is 14.9. The molecule has 0 radical (unpaired) electrons. The highest BCUT2D eigenvalue weighted by Crippen LogP contribution is 2.18. The molecule has 0 saturated heterocycles. The standard InChI is InChI=1S/C22H30N4O2/c1-5-26(20-12-7-6-9-17(20)4)14-13-23-21(27)18-10-8-11-19(15-18)25-22(28)24-16(2)3/h6-12,15-16H,5,13-14H2,1-4H3,(H,23,27)(H2,24,25,28). The molecule has 0 atom stereocenters. The summed E-state index contributed by atoms with van der Waals surface area (Å²) in [4.78, 5) is 26.5. The number of hydrogen-bond donors (Lipinski definition) is 3. The molecule has 6 heteroatoms. The van der Waals surface area contributed by atoms with Crippen molar-refractivity contribution in [3.05, 3.63) is 59.7 Å². The van der Waals surface area contributed by atoms with Crippen LogP contribution in [0.5, 0.6) is 0 Å². The van der Waals surface area contributed by atoms with Crippen molar-refractivity contribution in [3.8, 4) is 0 Å². The summed E-state index contributed by atoms with van der Waals surface area (Å²) >= 11 is 0. The van der Waals surface area contributed by atoms with Crippen LogP contribution in [0.3, 0.4) is 0 Å². The van der Waals surface area contributed by atoms with E-state index in [0.717, 1.165) is 13.1 Å². The molecule has 0 aliphatic heterocycles. The van der Waals surface area contributed by atoms with Crippen LogP contribution in [-0.4, -0.2) is 37.6 Å². The highest BCUT2D eigenvalue weighted by Gasteiger charge is 2.10. The molecule has 0 aliphatic rings. The van der Waals surface area contributed by atoms with Crippen molar-refractivity contribution in [1.82, 2.24) is 10.6 Å². The Kier molecular flexibility index (Phi) is 7.87. The third kappa shape index (κ3) is 6.30. The number of benzene rings is 2. The number of likely N-dealkylation sites (N-methyl/N-ethyl adjacent to an activating group) is 1. The molecule has 0 saturated carbocycles. The van der Waals surface area contributed by atoms with Gasteiger partial charge in [-0.05, 0) is 57.5 Å². The molecule has 0 bridgehead atoms. The molecule has 2 aromatic rings. The van der Waals surface area contributed by atoms with E-state index in [4.69, 9.17) is 0 Å². The zero-order valence-corrected chi connectivity index (χ0v) is 17.1. The molecule has 2 aromatic carbocycles. The number of nitrogens with zero attached hydrogens (tertiary/aromatic N) is 1. The van der Waals surface area contributed by atoms with Gasteiger partial charge in [0.2, 0.25) is 0 Å². The fraction of sp³-hybridized carbons (Fsp3) is 0.364. The Morgan fingerprint density at radius 1 is 1.07 bits per heavy atom. The number of urea groups is 1. The van der Waals surface area contributed by atoms with Gasteiger partial charge >= 0.3 is 6.03 Å². The van der Waals surface area contributed by atoms with Gasteiger partial charge in [-0.25, -0.2) is 4.79 Å². The number of hydrogen-bond acceptors (Lipinski definition) is 3. The zero-order chi connectivity index (χ0) is 20.5. The monoisotopic (exact) mass is 382 g/mol. The van der Waals surface area contributed by atoms with E-state index in [2.05, 4.69) is 46.8 Å². The quantitative estimate of drug-likeness (QED) is 0.650. The number of aryl methyl sites for hydroxylation is 1. The van der Waals surface area contributed by atoms with Gasteiger partial charge in [0.1, 0.15) is 0 Å². The molecule has 0 aromatic heterocycles. The third-order valence-corrected chi connectivity index (χ3v) is 4.31. The Morgan fingerprint density at radius 3 is 2.50 bits per heavy atom. The summed E-state index contributed by atoms with van der Waals surface area (Å²) in [5.41, 5.74) is 3.50. The minimum absolute atomic E-state index is 0.0428. The molecule has 0 aliphatic carbocycles. The van der Waals surface area contributed by atoms with Crippen LogP contribution in [0.15, 0.2) is 48.5 Å². The first-order chi connectivity index (χ1) is 13.4.